The van der Waals surface area contributed by atoms with Crippen LogP contribution in [-0.2, 0) is 4.74 Å². The zero-order valence-corrected chi connectivity index (χ0v) is 12.9. The van der Waals surface area contributed by atoms with Crippen LogP contribution in [0.4, 0.5) is 0 Å². The monoisotopic (exact) mass is 341 g/mol. The predicted molar refractivity (Wildman–Crippen MR) is 82.5 cm³/mol. The molecular formula is C14H13Cl2N3O3. The van der Waals surface area contributed by atoms with Gasteiger partial charge in [0.2, 0.25) is 0 Å². The summed E-state index contributed by atoms with van der Waals surface area (Å²) in [4.78, 5) is 25.1. The van der Waals surface area contributed by atoms with Gasteiger partial charge in [0.25, 0.3) is 11.5 Å². The predicted octanol–water partition coefficient (Wildman–Crippen LogP) is 2.22. The van der Waals surface area contributed by atoms with Crippen LogP contribution >= 0.6 is 23.2 Å². The number of aromatic nitrogens is 2. The summed E-state index contributed by atoms with van der Waals surface area (Å²) in [5, 5.41) is 5.84. The molecule has 1 atom stereocenters. The van der Waals surface area contributed by atoms with E-state index in [9.17, 15) is 9.59 Å². The molecule has 2 N–H and O–H groups in total. The first kappa shape index (κ1) is 15.1. The molecule has 116 valence electrons. The van der Waals surface area contributed by atoms with E-state index in [0.29, 0.717) is 29.7 Å². The molecule has 1 amide bonds. The number of ether oxygens (including phenoxy) is 1. The quantitative estimate of drug-likeness (QED) is 0.879. The highest BCUT2D eigenvalue weighted by Gasteiger charge is 2.27. The zero-order chi connectivity index (χ0) is 15.7. The summed E-state index contributed by atoms with van der Waals surface area (Å²) in [5.74, 6) is -0.244. The molecule has 8 heteroatoms. The van der Waals surface area contributed by atoms with Crippen LogP contribution in [0.3, 0.4) is 0 Å². The van der Waals surface area contributed by atoms with Gasteiger partial charge in [0.1, 0.15) is 11.8 Å². The molecule has 0 saturated carbocycles. The molecule has 0 bridgehead atoms. The van der Waals surface area contributed by atoms with Crippen LogP contribution in [0.25, 0.3) is 0 Å². The summed E-state index contributed by atoms with van der Waals surface area (Å²) in [6.45, 7) is 1.25. The molecule has 0 aliphatic carbocycles. The van der Waals surface area contributed by atoms with Crippen molar-refractivity contribution in [1.82, 2.24) is 15.1 Å². The molecular weight excluding hydrogens is 329 g/mol. The van der Waals surface area contributed by atoms with Gasteiger partial charge in [-0.25, -0.2) is 0 Å². The molecule has 1 aliphatic heterocycles. The van der Waals surface area contributed by atoms with Gasteiger partial charge in [-0.3, -0.25) is 19.8 Å². The minimum atomic E-state index is -0.336. The normalized spacial score (nSPS) is 18.5. The number of H-pyrrole nitrogens is 2. The van der Waals surface area contributed by atoms with Crippen molar-refractivity contribution < 1.29 is 9.53 Å². The molecule has 2 heterocycles. The van der Waals surface area contributed by atoms with E-state index in [1.807, 2.05) is 6.07 Å². The van der Waals surface area contributed by atoms with E-state index >= 15 is 0 Å². The van der Waals surface area contributed by atoms with Gasteiger partial charge in [0, 0.05) is 12.6 Å². The largest absolute Gasteiger partial charge is 0.370 e. The molecule has 0 spiro atoms. The average Bonchev–Trinajstić information content (AvgIpc) is 2.96. The Morgan fingerprint density at radius 2 is 2.05 bits per heavy atom. The number of hydrogen-bond acceptors (Lipinski definition) is 3. The Bertz CT molecular complexity index is 756. The highest BCUT2D eigenvalue weighted by atomic mass is 35.5. The molecule has 3 rings (SSSR count). The minimum Gasteiger partial charge on any atom is -0.370 e. The van der Waals surface area contributed by atoms with Crippen LogP contribution in [0.1, 0.15) is 22.2 Å². The summed E-state index contributed by atoms with van der Waals surface area (Å²) in [6, 6.07) is 6.50. The van der Waals surface area contributed by atoms with Crippen molar-refractivity contribution in [2.24, 2.45) is 0 Å². The van der Waals surface area contributed by atoms with Gasteiger partial charge >= 0.3 is 0 Å². The SMILES string of the molecule is O=C(c1cc(=O)[nH][nH]1)N1CCO[C@H](c2ccc(Cl)c(Cl)c2)C1. The van der Waals surface area contributed by atoms with Crippen molar-refractivity contribution >= 4 is 29.1 Å². The van der Waals surface area contributed by atoms with Gasteiger partial charge in [-0.05, 0) is 17.7 Å². The second kappa shape index (κ2) is 6.16. The van der Waals surface area contributed by atoms with Gasteiger partial charge in [0.05, 0.1) is 23.2 Å². The van der Waals surface area contributed by atoms with Crippen molar-refractivity contribution in [2.45, 2.75) is 6.10 Å². The summed E-state index contributed by atoms with van der Waals surface area (Å²) in [6.07, 6.45) is -0.280. The third kappa shape index (κ3) is 3.04. The fourth-order valence-corrected chi connectivity index (χ4v) is 2.67. The van der Waals surface area contributed by atoms with E-state index in [1.165, 1.54) is 6.07 Å². The standard InChI is InChI=1S/C14H13Cl2N3O3/c15-9-2-1-8(5-10(9)16)12-7-19(3-4-22-12)14(21)11-6-13(20)18-17-11/h1-2,5-6,12H,3-4,7H2,(H2,17,18,20)/t12-/m0/s1. The molecule has 0 radical (unpaired) electrons. The molecule has 1 fully saturated rings. The van der Waals surface area contributed by atoms with Crippen LogP contribution < -0.4 is 5.56 Å². The Kier molecular flexibility index (Phi) is 4.24. The first-order valence-electron chi connectivity index (χ1n) is 6.68. The number of amides is 1. The van der Waals surface area contributed by atoms with E-state index in [2.05, 4.69) is 10.2 Å². The Morgan fingerprint density at radius 3 is 2.73 bits per heavy atom. The number of carbonyl (C=O) groups excluding carboxylic acids is 1. The Balaban J connectivity index is 1.77. The molecule has 1 aromatic heterocycles. The summed E-state index contributed by atoms with van der Waals surface area (Å²) < 4.78 is 5.70. The van der Waals surface area contributed by atoms with Crippen molar-refractivity contribution in [1.29, 1.82) is 0 Å². The van der Waals surface area contributed by atoms with Crippen LogP contribution in [0.5, 0.6) is 0 Å². The third-order valence-electron chi connectivity index (χ3n) is 3.50. The second-order valence-corrected chi connectivity index (χ2v) is 5.77. The Hall–Kier alpha value is -1.76. The fourth-order valence-electron chi connectivity index (χ4n) is 2.37. The number of morpholine rings is 1. The van der Waals surface area contributed by atoms with Gasteiger partial charge in [-0.1, -0.05) is 29.3 Å². The van der Waals surface area contributed by atoms with E-state index in [4.69, 9.17) is 27.9 Å². The smallest absolute Gasteiger partial charge is 0.272 e. The number of rotatable bonds is 2. The number of nitrogens with one attached hydrogen (secondary N) is 2. The number of carbonyl (C=O) groups is 1. The highest BCUT2D eigenvalue weighted by molar-refractivity contribution is 6.42. The maximum atomic E-state index is 12.3. The van der Waals surface area contributed by atoms with E-state index < -0.39 is 0 Å². The first-order chi connectivity index (χ1) is 10.5. The average molecular weight is 342 g/mol. The summed E-state index contributed by atoms with van der Waals surface area (Å²) >= 11 is 11.9. The summed E-state index contributed by atoms with van der Waals surface area (Å²) in [7, 11) is 0. The van der Waals surface area contributed by atoms with E-state index in [1.54, 1.807) is 17.0 Å². The van der Waals surface area contributed by atoms with Crippen molar-refractivity contribution in [2.75, 3.05) is 19.7 Å². The van der Waals surface area contributed by atoms with E-state index in [0.717, 1.165) is 5.56 Å². The van der Waals surface area contributed by atoms with Gasteiger partial charge in [-0.2, -0.15) is 0 Å². The minimum absolute atomic E-state index is 0.236. The topological polar surface area (TPSA) is 78.2 Å². The molecule has 2 aromatic rings. The number of nitrogens with zero attached hydrogens (tertiary/aromatic N) is 1. The lowest BCUT2D eigenvalue weighted by atomic mass is 10.1. The maximum Gasteiger partial charge on any atom is 0.272 e. The van der Waals surface area contributed by atoms with Crippen LogP contribution in [-0.4, -0.2) is 40.7 Å². The highest BCUT2D eigenvalue weighted by Crippen LogP contribution is 2.29. The van der Waals surface area contributed by atoms with Gasteiger partial charge in [0.15, 0.2) is 0 Å². The van der Waals surface area contributed by atoms with E-state index in [-0.39, 0.29) is 23.3 Å². The Morgan fingerprint density at radius 1 is 1.23 bits per heavy atom. The fraction of sp³-hybridized carbons (Fsp3) is 0.286. The lowest BCUT2D eigenvalue weighted by Crippen LogP contribution is -2.42. The molecule has 1 aromatic carbocycles. The van der Waals surface area contributed by atoms with Crippen molar-refractivity contribution in [3.63, 3.8) is 0 Å². The number of benzene rings is 1. The van der Waals surface area contributed by atoms with Crippen LogP contribution in [0, 0.1) is 0 Å². The first-order valence-corrected chi connectivity index (χ1v) is 7.43. The van der Waals surface area contributed by atoms with Crippen LogP contribution in [0.15, 0.2) is 29.1 Å². The third-order valence-corrected chi connectivity index (χ3v) is 4.23. The number of aromatic amines is 2. The van der Waals surface area contributed by atoms with Gasteiger partial charge in [-0.15, -0.1) is 0 Å². The second-order valence-electron chi connectivity index (χ2n) is 4.96. The lowest BCUT2D eigenvalue weighted by molar-refractivity contribution is -0.0230. The number of halogens is 2. The summed E-state index contributed by atoms with van der Waals surface area (Å²) in [5.41, 5.74) is 0.756. The maximum absolute atomic E-state index is 12.3. The molecule has 22 heavy (non-hydrogen) atoms. The van der Waals surface area contributed by atoms with Crippen molar-refractivity contribution in [3.8, 4) is 0 Å². The lowest BCUT2D eigenvalue weighted by Gasteiger charge is -2.33. The van der Waals surface area contributed by atoms with Crippen molar-refractivity contribution in [3.05, 3.63) is 55.9 Å². The molecule has 0 unspecified atom stereocenters. The molecule has 1 saturated heterocycles. The van der Waals surface area contributed by atoms with Gasteiger partial charge < -0.3 is 9.64 Å². The molecule has 1 aliphatic rings. The number of hydrogen-bond donors (Lipinski definition) is 2. The Labute approximate surface area is 136 Å². The zero-order valence-electron chi connectivity index (χ0n) is 11.4. The van der Waals surface area contributed by atoms with Crippen LogP contribution in [0.2, 0.25) is 10.0 Å². The molecule has 6 nitrogen and oxygen atoms in total.